The summed E-state index contributed by atoms with van der Waals surface area (Å²) in [5.74, 6) is 0.133. The number of likely N-dealkylation sites (N-methyl/N-ethyl adjacent to an activating group) is 1. The number of carbonyl (C=O) groups is 1. The number of hydrogen-bond donors (Lipinski definition) is 2. The third-order valence-corrected chi connectivity index (χ3v) is 6.45. The van der Waals surface area contributed by atoms with E-state index in [1.54, 1.807) is 0 Å². The molecule has 0 aromatic carbocycles. The molecule has 186 valence electrons. The zero-order valence-corrected chi connectivity index (χ0v) is 21.7. The lowest BCUT2D eigenvalue weighted by atomic mass is 10.0. The van der Waals surface area contributed by atoms with Crippen molar-refractivity contribution in [3.05, 3.63) is 0 Å². The van der Waals surface area contributed by atoms with Crippen LogP contribution in [0.4, 0.5) is 0 Å². The van der Waals surface area contributed by atoms with Crippen LogP contribution in [0.3, 0.4) is 0 Å². The highest BCUT2D eigenvalue weighted by Crippen LogP contribution is 2.14. The topological polar surface area (TPSA) is 52.6 Å². The Morgan fingerprint density at radius 2 is 1.16 bits per heavy atom. The first kappa shape index (κ1) is 30.4. The molecule has 0 aliphatic carbocycles. The molecule has 0 radical (unpaired) electrons. The van der Waals surface area contributed by atoms with Gasteiger partial charge in [0.1, 0.15) is 0 Å². The number of nitrogens with one attached hydrogen (secondary N) is 1. The van der Waals surface area contributed by atoms with Gasteiger partial charge in [0.25, 0.3) is 0 Å². The summed E-state index contributed by atoms with van der Waals surface area (Å²) in [6, 6.07) is 0. The first-order chi connectivity index (χ1) is 14.9. The molecule has 0 fully saturated rings. The third-order valence-electron chi connectivity index (χ3n) is 6.45. The Morgan fingerprint density at radius 3 is 1.58 bits per heavy atom. The quantitative estimate of drug-likeness (QED) is 0.171. The molecule has 0 saturated carbocycles. The minimum absolute atomic E-state index is 0.133. The van der Waals surface area contributed by atoms with Gasteiger partial charge in [-0.05, 0) is 32.9 Å². The normalized spacial score (nSPS) is 13.5. The number of hydrogen-bond acceptors (Lipinski definition) is 3. The molecule has 0 aromatic rings. The molecule has 4 heteroatoms. The summed E-state index contributed by atoms with van der Waals surface area (Å²) >= 11 is 0. The van der Waals surface area contributed by atoms with Crippen molar-refractivity contribution >= 4 is 5.91 Å². The van der Waals surface area contributed by atoms with Crippen LogP contribution in [0, 0.1) is 0 Å². The maximum absolute atomic E-state index is 12.0. The van der Waals surface area contributed by atoms with Crippen molar-refractivity contribution < 1.29 is 9.90 Å². The number of unbranched alkanes of at least 4 members (excludes halogenated alkanes) is 14. The van der Waals surface area contributed by atoms with Crippen LogP contribution < -0.4 is 5.32 Å². The lowest BCUT2D eigenvalue weighted by Crippen LogP contribution is -2.43. The second kappa shape index (κ2) is 21.2. The van der Waals surface area contributed by atoms with Gasteiger partial charge < -0.3 is 15.3 Å². The van der Waals surface area contributed by atoms with Gasteiger partial charge in [0.05, 0.1) is 5.60 Å². The number of aliphatic hydroxyl groups is 1. The summed E-state index contributed by atoms with van der Waals surface area (Å²) in [7, 11) is 0. The van der Waals surface area contributed by atoms with E-state index in [-0.39, 0.29) is 5.91 Å². The first-order valence-corrected chi connectivity index (χ1v) is 13.7. The predicted molar refractivity (Wildman–Crippen MR) is 136 cm³/mol. The van der Waals surface area contributed by atoms with Crippen molar-refractivity contribution in [2.75, 3.05) is 26.2 Å². The van der Waals surface area contributed by atoms with Gasteiger partial charge in [-0.25, -0.2) is 0 Å². The van der Waals surface area contributed by atoms with Gasteiger partial charge in [-0.1, -0.05) is 111 Å². The van der Waals surface area contributed by atoms with Crippen molar-refractivity contribution in [1.29, 1.82) is 0 Å². The van der Waals surface area contributed by atoms with E-state index in [1.165, 1.54) is 83.5 Å². The monoisotopic (exact) mass is 440 g/mol. The van der Waals surface area contributed by atoms with Gasteiger partial charge in [-0.2, -0.15) is 0 Å². The van der Waals surface area contributed by atoms with Crippen LogP contribution in [0.25, 0.3) is 0 Å². The second-order valence-electron chi connectivity index (χ2n) is 9.76. The second-order valence-corrected chi connectivity index (χ2v) is 9.76. The smallest absolute Gasteiger partial charge is 0.219 e. The molecular weight excluding hydrogens is 384 g/mol. The molecule has 0 spiro atoms. The fourth-order valence-electron chi connectivity index (χ4n) is 4.22. The van der Waals surface area contributed by atoms with E-state index in [0.717, 1.165) is 25.9 Å². The maximum atomic E-state index is 12.0. The Morgan fingerprint density at radius 1 is 0.742 bits per heavy atom. The summed E-state index contributed by atoms with van der Waals surface area (Å²) in [6.07, 6.45) is 21.4. The molecule has 0 saturated heterocycles. The Balaban J connectivity index is 3.41. The van der Waals surface area contributed by atoms with E-state index in [1.807, 2.05) is 6.92 Å². The molecule has 0 heterocycles. The summed E-state index contributed by atoms with van der Waals surface area (Å²) in [6.45, 7) is 11.5. The van der Waals surface area contributed by atoms with Gasteiger partial charge in [0, 0.05) is 19.5 Å². The Kier molecular flexibility index (Phi) is 20.8. The van der Waals surface area contributed by atoms with Crippen LogP contribution in [0.2, 0.25) is 0 Å². The van der Waals surface area contributed by atoms with Gasteiger partial charge in [-0.15, -0.1) is 0 Å². The Bertz CT molecular complexity index is 395. The minimum atomic E-state index is -0.742. The molecule has 1 unspecified atom stereocenters. The Hall–Kier alpha value is -0.610. The Labute approximate surface area is 194 Å². The first-order valence-electron chi connectivity index (χ1n) is 13.7. The van der Waals surface area contributed by atoms with Crippen LogP contribution in [-0.4, -0.2) is 47.7 Å². The van der Waals surface area contributed by atoms with Crippen LogP contribution in [0.1, 0.15) is 137 Å². The number of nitrogens with zero attached hydrogens (tertiary/aromatic N) is 1. The van der Waals surface area contributed by atoms with Crippen molar-refractivity contribution in [1.82, 2.24) is 10.2 Å². The highest BCUT2D eigenvalue weighted by atomic mass is 16.3. The van der Waals surface area contributed by atoms with E-state index in [0.29, 0.717) is 25.9 Å². The highest BCUT2D eigenvalue weighted by molar-refractivity contribution is 5.75. The standard InChI is InChI=1S/C27H56N2O2/c1-5-8-9-10-11-12-13-14-15-16-17-18-19-20-21-22-26(30)28-24-23-27(4,31)25-29(6-2)7-3/h31H,5-25H2,1-4H3,(H,28,30). The van der Waals surface area contributed by atoms with Crippen molar-refractivity contribution in [2.24, 2.45) is 0 Å². The van der Waals surface area contributed by atoms with Crippen LogP contribution >= 0.6 is 0 Å². The number of rotatable bonds is 23. The predicted octanol–water partition coefficient (Wildman–Crippen LogP) is 6.85. The van der Waals surface area contributed by atoms with E-state index < -0.39 is 5.60 Å². The maximum Gasteiger partial charge on any atom is 0.219 e. The molecule has 0 aliphatic heterocycles. The van der Waals surface area contributed by atoms with Crippen LogP contribution in [-0.2, 0) is 4.79 Å². The molecule has 0 bridgehead atoms. The van der Waals surface area contributed by atoms with Gasteiger partial charge >= 0.3 is 0 Å². The molecule has 4 nitrogen and oxygen atoms in total. The number of carbonyl (C=O) groups excluding carboxylic acids is 1. The van der Waals surface area contributed by atoms with Crippen LogP contribution in [0.5, 0.6) is 0 Å². The van der Waals surface area contributed by atoms with Gasteiger partial charge in [-0.3, -0.25) is 4.79 Å². The average molecular weight is 441 g/mol. The average Bonchev–Trinajstić information content (AvgIpc) is 2.74. The third kappa shape index (κ3) is 21.0. The summed E-state index contributed by atoms with van der Waals surface area (Å²) < 4.78 is 0. The summed E-state index contributed by atoms with van der Waals surface area (Å²) in [5.41, 5.74) is -0.742. The SMILES string of the molecule is CCCCCCCCCCCCCCCCCC(=O)NCCC(C)(O)CN(CC)CC. The zero-order valence-electron chi connectivity index (χ0n) is 21.7. The minimum Gasteiger partial charge on any atom is -0.389 e. The highest BCUT2D eigenvalue weighted by Gasteiger charge is 2.22. The van der Waals surface area contributed by atoms with Gasteiger partial charge in [0.2, 0.25) is 5.91 Å². The lowest BCUT2D eigenvalue weighted by molar-refractivity contribution is -0.121. The van der Waals surface area contributed by atoms with Crippen molar-refractivity contribution in [3.8, 4) is 0 Å². The van der Waals surface area contributed by atoms with Crippen LogP contribution in [0.15, 0.2) is 0 Å². The fourth-order valence-corrected chi connectivity index (χ4v) is 4.22. The fraction of sp³-hybridized carbons (Fsp3) is 0.963. The van der Waals surface area contributed by atoms with E-state index in [4.69, 9.17) is 0 Å². The van der Waals surface area contributed by atoms with E-state index >= 15 is 0 Å². The molecule has 0 rings (SSSR count). The summed E-state index contributed by atoms with van der Waals surface area (Å²) in [4.78, 5) is 14.2. The summed E-state index contributed by atoms with van der Waals surface area (Å²) in [5, 5.41) is 13.5. The molecular formula is C27H56N2O2. The largest absolute Gasteiger partial charge is 0.389 e. The van der Waals surface area contributed by atoms with Crippen molar-refractivity contribution in [2.45, 2.75) is 142 Å². The lowest BCUT2D eigenvalue weighted by Gasteiger charge is -2.30. The molecule has 0 aromatic heterocycles. The molecule has 1 amide bonds. The van der Waals surface area contributed by atoms with Gasteiger partial charge in [0.15, 0.2) is 0 Å². The van der Waals surface area contributed by atoms with Crippen molar-refractivity contribution in [3.63, 3.8) is 0 Å². The molecule has 0 aliphatic rings. The zero-order chi connectivity index (χ0) is 23.2. The number of amides is 1. The van der Waals surface area contributed by atoms with E-state index in [2.05, 4.69) is 31.0 Å². The molecule has 2 N–H and O–H groups in total. The van der Waals surface area contributed by atoms with E-state index in [9.17, 15) is 9.90 Å². The molecule has 1 atom stereocenters. The molecule has 31 heavy (non-hydrogen) atoms.